The lowest BCUT2D eigenvalue weighted by molar-refractivity contribution is -0.127. The number of carbonyl (C=O) groups excluding carboxylic acids is 1. The number of Topliss-reactive ketones (excluding diaryl/α,β-unsaturated/α-hetero) is 1. The minimum Gasteiger partial charge on any atom is -0.379 e. The first-order valence-corrected chi connectivity index (χ1v) is 6.29. The summed E-state index contributed by atoms with van der Waals surface area (Å²) in [5, 5.41) is 0. The van der Waals surface area contributed by atoms with E-state index in [4.69, 9.17) is 10.5 Å². The molecule has 4 nitrogen and oxygen atoms in total. The van der Waals surface area contributed by atoms with Gasteiger partial charge in [-0.05, 0) is 35.0 Å². The van der Waals surface area contributed by atoms with Gasteiger partial charge in [-0.25, -0.2) is 0 Å². The number of ether oxygens (including phenoxy) is 1. The minimum absolute atomic E-state index is 0.0947. The molecule has 0 aliphatic carbocycles. The zero-order chi connectivity index (χ0) is 12.5. The molecule has 2 N–H and O–H groups in total. The van der Waals surface area contributed by atoms with E-state index in [0.29, 0.717) is 19.6 Å². The fraction of sp³-hybridized carbons (Fsp3) is 0.500. The SMILES string of the molecule is CC1(C(=O)Cc2ccc(Br)cn2)COCC1N. The van der Waals surface area contributed by atoms with Crippen molar-refractivity contribution < 1.29 is 9.53 Å². The van der Waals surface area contributed by atoms with Crippen LogP contribution < -0.4 is 5.73 Å². The van der Waals surface area contributed by atoms with Crippen LogP contribution >= 0.6 is 15.9 Å². The summed E-state index contributed by atoms with van der Waals surface area (Å²) < 4.78 is 6.18. The molecule has 0 aromatic carbocycles. The maximum Gasteiger partial charge on any atom is 0.148 e. The second-order valence-corrected chi connectivity index (χ2v) is 5.52. The van der Waals surface area contributed by atoms with Gasteiger partial charge in [-0.3, -0.25) is 9.78 Å². The van der Waals surface area contributed by atoms with Crippen molar-refractivity contribution in [2.75, 3.05) is 13.2 Å². The lowest BCUT2D eigenvalue weighted by atomic mass is 9.79. The molecular formula is C12H15BrN2O2. The Morgan fingerprint density at radius 3 is 3.00 bits per heavy atom. The van der Waals surface area contributed by atoms with E-state index >= 15 is 0 Å². The highest BCUT2D eigenvalue weighted by Crippen LogP contribution is 2.29. The van der Waals surface area contributed by atoms with Crippen LogP contribution in [-0.4, -0.2) is 30.0 Å². The Hall–Kier alpha value is -0.780. The highest BCUT2D eigenvalue weighted by Gasteiger charge is 2.43. The molecule has 2 atom stereocenters. The molecule has 0 radical (unpaired) electrons. The Balaban J connectivity index is 2.09. The summed E-state index contributed by atoms with van der Waals surface area (Å²) in [5.74, 6) is 0.0947. The Morgan fingerprint density at radius 1 is 1.71 bits per heavy atom. The molecule has 1 saturated heterocycles. The van der Waals surface area contributed by atoms with Crippen LogP contribution in [0.4, 0.5) is 0 Å². The number of carbonyl (C=O) groups is 1. The summed E-state index contributed by atoms with van der Waals surface area (Å²) in [7, 11) is 0. The Morgan fingerprint density at radius 2 is 2.47 bits per heavy atom. The van der Waals surface area contributed by atoms with Gasteiger partial charge in [-0.15, -0.1) is 0 Å². The first-order chi connectivity index (χ1) is 8.02. The molecule has 2 heterocycles. The van der Waals surface area contributed by atoms with Crippen molar-refractivity contribution in [3.8, 4) is 0 Å². The van der Waals surface area contributed by atoms with Gasteiger partial charge < -0.3 is 10.5 Å². The lowest BCUT2D eigenvalue weighted by Crippen LogP contribution is -2.45. The summed E-state index contributed by atoms with van der Waals surface area (Å²) in [5.41, 5.74) is 6.11. The second kappa shape index (κ2) is 4.84. The standard InChI is InChI=1S/C12H15BrN2O2/c1-12(7-17-6-10(12)14)11(16)4-9-3-2-8(13)5-15-9/h2-3,5,10H,4,6-7,14H2,1H3. The molecule has 0 bridgehead atoms. The van der Waals surface area contributed by atoms with E-state index in [1.807, 2.05) is 19.1 Å². The molecule has 2 unspecified atom stereocenters. The molecule has 0 amide bonds. The van der Waals surface area contributed by atoms with Gasteiger partial charge in [0.25, 0.3) is 0 Å². The fourth-order valence-electron chi connectivity index (χ4n) is 1.85. The highest BCUT2D eigenvalue weighted by molar-refractivity contribution is 9.10. The van der Waals surface area contributed by atoms with Crippen molar-refractivity contribution >= 4 is 21.7 Å². The zero-order valence-electron chi connectivity index (χ0n) is 9.65. The average Bonchev–Trinajstić information content (AvgIpc) is 2.64. The van der Waals surface area contributed by atoms with Crippen molar-refractivity contribution in [2.45, 2.75) is 19.4 Å². The van der Waals surface area contributed by atoms with Crippen LogP contribution in [0.3, 0.4) is 0 Å². The topological polar surface area (TPSA) is 65.2 Å². The molecule has 0 saturated carbocycles. The van der Waals surface area contributed by atoms with E-state index in [1.54, 1.807) is 6.20 Å². The molecule has 1 aliphatic rings. The predicted octanol–water partition coefficient (Wildman–Crippen LogP) is 1.32. The molecule has 1 aliphatic heterocycles. The van der Waals surface area contributed by atoms with Crippen molar-refractivity contribution in [3.05, 3.63) is 28.5 Å². The van der Waals surface area contributed by atoms with Gasteiger partial charge in [-0.2, -0.15) is 0 Å². The summed E-state index contributed by atoms with van der Waals surface area (Å²) in [6, 6.07) is 3.50. The number of aromatic nitrogens is 1. The predicted molar refractivity (Wildman–Crippen MR) is 67.5 cm³/mol. The van der Waals surface area contributed by atoms with Gasteiger partial charge in [0.05, 0.1) is 18.6 Å². The molecule has 5 heteroatoms. The molecule has 92 valence electrons. The van der Waals surface area contributed by atoms with Crippen molar-refractivity contribution in [1.82, 2.24) is 4.98 Å². The normalized spacial score (nSPS) is 28.3. The Labute approximate surface area is 109 Å². The average molecular weight is 299 g/mol. The second-order valence-electron chi connectivity index (χ2n) is 4.61. The van der Waals surface area contributed by atoms with E-state index in [-0.39, 0.29) is 11.8 Å². The number of hydrogen-bond acceptors (Lipinski definition) is 4. The third kappa shape index (κ3) is 2.56. The van der Waals surface area contributed by atoms with Gasteiger partial charge in [0.1, 0.15) is 5.78 Å². The third-order valence-electron chi connectivity index (χ3n) is 3.28. The van der Waals surface area contributed by atoms with Gasteiger partial charge in [0.15, 0.2) is 0 Å². The van der Waals surface area contributed by atoms with Crippen LogP contribution in [0.5, 0.6) is 0 Å². The molecule has 2 rings (SSSR count). The maximum absolute atomic E-state index is 12.2. The van der Waals surface area contributed by atoms with Crippen LogP contribution in [-0.2, 0) is 16.0 Å². The fourth-order valence-corrected chi connectivity index (χ4v) is 2.09. The molecule has 1 aromatic rings. The summed E-state index contributed by atoms with van der Waals surface area (Å²) in [6.07, 6.45) is 2.00. The smallest absolute Gasteiger partial charge is 0.148 e. The van der Waals surface area contributed by atoms with Gasteiger partial charge >= 0.3 is 0 Å². The third-order valence-corrected chi connectivity index (χ3v) is 3.75. The van der Waals surface area contributed by atoms with E-state index in [9.17, 15) is 4.79 Å². The van der Waals surface area contributed by atoms with Crippen molar-refractivity contribution in [2.24, 2.45) is 11.1 Å². The number of hydrogen-bond donors (Lipinski definition) is 1. The molecular weight excluding hydrogens is 284 g/mol. The van der Waals surface area contributed by atoms with Crippen LogP contribution in [0.25, 0.3) is 0 Å². The van der Waals surface area contributed by atoms with Gasteiger partial charge in [-0.1, -0.05) is 0 Å². The number of nitrogens with two attached hydrogens (primary N) is 1. The van der Waals surface area contributed by atoms with E-state index in [0.717, 1.165) is 10.2 Å². The first-order valence-electron chi connectivity index (χ1n) is 5.49. The van der Waals surface area contributed by atoms with Crippen molar-refractivity contribution in [3.63, 3.8) is 0 Å². The van der Waals surface area contributed by atoms with Gasteiger partial charge in [0.2, 0.25) is 0 Å². The lowest BCUT2D eigenvalue weighted by Gasteiger charge is -2.24. The molecule has 1 aromatic heterocycles. The number of nitrogens with zero attached hydrogens (tertiary/aromatic N) is 1. The van der Waals surface area contributed by atoms with Gasteiger partial charge in [0, 0.05) is 28.8 Å². The van der Waals surface area contributed by atoms with Crippen LogP contribution in [0.2, 0.25) is 0 Å². The van der Waals surface area contributed by atoms with Crippen LogP contribution in [0.15, 0.2) is 22.8 Å². The summed E-state index contributed by atoms with van der Waals surface area (Å²) in [4.78, 5) is 16.4. The van der Waals surface area contributed by atoms with Crippen LogP contribution in [0, 0.1) is 5.41 Å². The van der Waals surface area contributed by atoms with Crippen molar-refractivity contribution in [1.29, 1.82) is 0 Å². The monoisotopic (exact) mass is 298 g/mol. The quantitative estimate of drug-likeness (QED) is 0.914. The Bertz CT molecular complexity index is 421. The number of halogens is 1. The largest absolute Gasteiger partial charge is 0.379 e. The number of rotatable bonds is 3. The highest BCUT2D eigenvalue weighted by atomic mass is 79.9. The zero-order valence-corrected chi connectivity index (χ0v) is 11.2. The molecule has 1 fully saturated rings. The van der Waals surface area contributed by atoms with E-state index in [1.165, 1.54) is 0 Å². The minimum atomic E-state index is -0.575. The number of ketones is 1. The molecule has 0 spiro atoms. The maximum atomic E-state index is 12.2. The van der Waals surface area contributed by atoms with Crippen LogP contribution in [0.1, 0.15) is 12.6 Å². The van der Waals surface area contributed by atoms with E-state index < -0.39 is 5.41 Å². The Kier molecular flexibility index (Phi) is 3.61. The summed E-state index contributed by atoms with van der Waals surface area (Å²) >= 11 is 3.31. The summed E-state index contributed by atoms with van der Waals surface area (Å²) in [6.45, 7) is 2.73. The number of pyridine rings is 1. The first kappa shape index (κ1) is 12.7. The molecule has 17 heavy (non-hydrogen) atoms. The van der Waals surface area contributed by atoms with E-state index in [2.05, 4.69) is 20.9 Å².